The highest BCUT2D eigenvalue weighted by Crippen LogP contribution is 2.29. The molecule has 1 N–H and O–H groups in total. The standard InChI is InChI=1S/C7H13NO3/c1-7(9)5-3-2-4-6(7)8(10)11/h6,9H,2-5H2,1H3/t6-,7+/m1/s1. The summed E-state index contributed by atoms with van der Waals surface area (Å²) < 4.78 is 0. The minimum Gasteiger partial charge on any atom is -0.383 e. The van der Waals surface area contributed by atoms with Crippen molar-refractivity contribution >= 4 is 0 Å². The fraction of sp³-hybridized carbons (Fsp3) is 1.00. The molecule has 0 aromatic heterocycles. The first-order chi connectivity index (χ1) is 5.04. The summed E-state index contributed by atoms with van der Waals surface area (Å²) in [4.78, 5) is 10.1. The lowest BCUT2D eigenvalue weighted by Crippen LogP contribution is -2.46. The van der Waals surface area contributed by atoms with Crippen LogP contribution in [0.3, 0.4) is 0 Å². The zero-order valence-electron chi connectivity index (χ0n) is 6.62. The molecule has 0 aromatic rings. The number of nitro groups is 1. The summed E-state index contributed by atoms with van der Waals surface area (Å²) in [7, 11) is 0. The van der Waals surface area contributed by atoms with Crippen molar-refractivity contribution in [3.8, 4) is 0 Å². The van der Waals surface area contributed by atoms with Crippen LogP contribution in [0.5, 0.6) is 0 Å². The van der Waals surface area contributed by atoms with E-state index in [2.05, 4.69) is 0 Å². The van der Waals surface area contributed by atoms with E-state index in [-0.39, 0.29) is 4.92 Å². The number of hydrogen-bond acceptors (Lipinski definition) is 3. The van der Waals surface area contributed by atoms with E-state index >= 15 is 0 Å². The second kappa shape index (κ2) is 2.77. The van der Waals surface area contributed by atoms with Crippen molar-refractivity contribution in [3.05, 3.63) is 10.1 Å². The lowest BCUT2D eigenvalue weighted by Gasteiger charge is -2.30. The second-order valence-electron chi connectivity index (χ2n) is 3.40. The Labute approximate surface area is 65.4 Å². The fourth-order valence-corrected chi connectivity index (χ4v) is 1.63. The smallest absolute Gasteiger partial charge is 0.241 e. The van der Waals surface area contributed by atoms with Gasteiger partial charge in [-0.15, -0.1) is 0 Å². The predicted molar refractivity (Wildman–Crippen MR) is 39.9 cm³/mol. The van der Waals surface area contributed by atoms with E-state index in [1.54, 1.807) is 6.92 Å². The second-order valence-corrected chi connectivity index (χ2v) is 3.40. The van der Waals surface area contributed by atoms with Crippen molar-refractivity contribution in [2.24, 2.45) is 0 Å². The van der Waals surface area contributed by atoms with Gasteiger partial charge in [0.15, 0.2) is 0 Å². The average Bonchev–Trinajstić information content (AvgIpc) is 1.85. The zero-order chi connectivity index (χ0) is 8.48. The van der Waals surface area contributed by atoms with E-state index in [4.69, 9.17) is 0 Å². The number of rotatable bonds is 1. The highest BCUT2D eigenvalue weighted by Gasteiger charge is 2.42. The summed E-state index contributed by atoms with van der Waals surface area (Å²) in [5, 5.41) is 20.0. The van der Waals surface area contributed by atoms with Crippen LogP contribution in [0.25, 0.3) is 0 Å². The van der Waals surface area contributed by atoms with Crippen LogP contribution in [-0.4, -0.2) is 21.7 Å². The van der Waals surface area contributed by atoms with Gasteiger partial charge in [0.05, 0.1) is 0 Å². The Balaban J connectivity index is 2.67. The van der Waals surface area contributed by atoms with Gasteiger partial charge in [0.1, 0.15) is 5.60 Å². The normalized spacial score (nSPS) is 38.5. The van der Waals surface area contributed by atoms with Crippen molar-refractivity contribution in [1.29, 1.82) is 0 Å². The van der Waals surface area contributed by atoms with Crippen molar-refractivity contribution in [3.63, 3.8) is 0 Å². The molecule has 0 aromatic carbocycles. The van der Waals surface area contributed by atoms with E-state index in [1.165, 1.54) is 0 Å². The third kappa shape index (κ3) is 1.68. The topological polar surface area (TPSA) is 63.4 Å². The summed E-state index contributed by atoms with van der Waals surface area (Å²) in [6.45, 7) is 1.56. The van der Waals surface area contributed by atoms with Gasteiger partial charge in [-0.3, -0.25) is 10.1 Å². The molecule has 11 heavy (non-hydrogen) atoms. The minimum atomic E-state index is -1.08. The molecule has 64 valence electrons. The molecule has 4 nitrogen and oxygen atoms in total. The molecular formula is C7H13NO3. The largest absolute Gasteiger partial charge is 0.383 e. The SMILES string of the molecule is C[C@]1(O)CCCC[C@H]1[N+](=O)[O-]. The molecule has 0 radical (unpaired) electrons. The third-order valence-electron chi connectivity index (χ3n) is 2.38. The average molecular weight is 159 g/mol. The first kappa shape index (κ1) is 8.46. The van der Waals surface area contributed by atoms with Gasteiger partial charge in [-0.1, -0.05) is 6.42 Å². The Kier molecular flexibility index (Phi) is 2.13. The van der Waals surface area contributed by atoms with Crippen LogP contribution in [0.1, 0.15) is 32.6 Å². The molecule has 0 aliphatic heterocycles. The fourth-order valence-electron chi connectivity index (χ4n) is 1.63. The van der Waals surface area contributed by atoms with Gasteiger partial charge in [0, 0.05) is 11.3 Å². The van der Waals surface area contributed by atoms with Crippen LogP contribution in [-0.2, 0) is 0 Å². The summed E-state index contributed by atoms with van der Waals surface area (Å²) in [6.07, 6.45) is 2.83. The molecule has 2 atom stereocenters. The van der Waals surface area contributed by atoms with Crippen LogP contribution < -0.4 is 0 Å². The maximum atomic E-state index is 10.4. The van der Waals surface area contributed by atoms with Gasteiger partial charge >= 0.3 is 0 Å². The van der Waals surface area contributed by atoms with E-state index in [9.17, 15) is 15.2 Å². The lowest BCUT2D eigenvalue weighted by atomic mass is 9.82. The summed E-state index contributed by atoms with van der Waals surface area (Å²) in [5.74, 6) is 0. The van der Waals surface area contributed by atoms with E-state index in [0.29, 0.717) is 12.8 Å². The van der Waals surface area contributed by atoms with Gasteiger partial charge in [-0.05, 0) is 19.8 Å². The highest BCUT2D eigenvalue weighted by atomic mass is 16.6. The van der Waals surface area contributed by atoms with Crippen LogP contribution in [0.4, 0.5) is 0 Å². The minimum absolute atomic E-state index is 0.362. The number of hydrogen-bond donors (Lipinski definition) is 1. The quantitative estimate of drug-likeness (QED) is 0.457. The third-order valence-corrected chi connectivity index (χ3v) is 2.38. The first-order valence-corrected chi connectivity index (χ1v) is 3.90. The molecule has 0 spiro atoms. The molecular weight excluding hydrogens is 146 g/mol. The van der Waals surface area contributed by atoms with Gasteiger partial charge in [-0.25, -0.2) is 0 Å². The van der Waals surface area contributed by atoms with Crippen molar-refractivity contribution in [2.45, 2.75) is 44.2 Å². The molecule has 1 fully saturated rings. The Morgan fingerprint density at radius 2 is 2.27 bits per heavy atom. The highest BCUT2D eigenvalue weighted by molar-refractivity contribution is 4.85. The first-order valence-electron chi connectivity index (χ1n) is 3.90. The van der Waals surface area contributed by atoms with Crippen LogP contribution in [0.2, 0.25) is 0 Å². The molecule has 0 saturated heterocycles. The van der Waals surface area contributed by atoms with Crippen molar-refractivity contribution < 1.29 is 10.0 Å². The number of aliphatic hydroxyl groups is 1. The van der Waals surface area contributed by atoms with Gasteiger partial charge < -0.3 is 5.11 Å². The Morgan fingerprint density at radius 1 is 1.64 bits per heavy atom. The molecule has 4 heteroatoms. The molecule has 1 saturated carbocycles. The number of nitrogens with zero attached hydrogens (tertiary/aromatic N) is 1. The molecule has 0 heterocycles. The lowest BCUT2D eigenvalue weighted by molar-refractivity contribution is -0.548. The summed E-state index contributed by atoms with van der Waals surface area (Å²) >= 11 is 0. The summed E-state index contributed by atoms with van der Waals surface area (Å²) in [6, 6.07) is -0.753. The zero-order valence-corrected chi connectivity index (χ0v) is 6.62. The molecule has 1 aliphatic rings. The van der Waals surface area contributed by atoms with E-state index in [0.717, 1.165) is 12.8 Å². The molecule has 0 unspecified atom stereocenters. The van der Waals surface area contributed by atoms with Gasteiger partial charge in [-0.2, -0.15) is 0 Å². The monoisotopic (exact) mass is 159 g/mol. The van der Waals surface area contributed by atoms with Crippen LogP contribution in [0.15, 0.2) is 0 Å². The van der Waals surface area contributed by atoms with Crippen LogP contribution in [0, 0.1) is 10.1 Å². The molecule has 0 bridgehead atoms. The van der Waals surface area contributed by atoms with Crippen LogP contribution >= 0.6 is 0 Å². The molecule has 0 amide bonds. The van der Waals surface area contributed by atoms with E-state index in [1.807, 2.05) is 0 Å². The van der Waals surface area contributed by atoms with Gasteiger partial charge in [0.2, 0.25) is 6.04 Å². The van der Waals surface area contributed by atoms with Crippen molar-refractivity contribution in [1.82, 2.24) is 0 Å². The summed E-state index contributed by atoms with van der Waals surface area (Å²) in [5.41, 5.74) is -1.08. The van der Waals surface area contributed by atoms with E-state index < -0.39 is 11.6 Å². The molecule has 1 rings (SSSR count). The van der Waals surface area contributed by atoms with Crippen molar-refractivity contribution in [2.75, 3.05) is 0 Å². The maximum absolute atomic E-state index is 10.4. The Hall–Kier alpha value is -0.640. The Bertz CT molecular complexity index is 167. The Morgan fingerprint density at radius 3 is 2.64 bits per heavy atom. The predicted octanol–water partition coefficient (Wildman–Crippen LogP) is 0.957. The maximum Gasteiger partial charge on any atom is 0.241 e. The van der Waals surface area contributed by atoms with Gasteiger partial charge in [0.25, 0.3) is 0 Å². The molecule has 1 aliphatic carbocycles.